The first-order valence-electron chi connectivity index (χ1n) is 6.31. The van der Waals surface area contributed by atoms with Crippen LogP contribution in [0.15, 0.2) is 18.2 Å². The second-order valence-electron chi connectivity index (χ2n) is 4.72. The number of nitrogens with two attached hydrogens (primary N) is 1. The van der Waals surface area contributed by atoms with E-state index in [2.05, 4.69) is 5.32 Å². The van der Waals surface area contributed by atoms with Crippen molar-refractivity contribution in [3.05, 3.63) is 35.4 Å². The van der Waals surface area contributed by atoms with Gasteiger partial charge in [0.1, 0.15) is 23.5 Å². The molecule has 3 N–H and O–H groups in total. The summed E-state index contributed by atoms with van der Waals surface area (Å²) >= 11 is 0. The van der Waals surface area contributed by atoms with Gasteiger partial charge < -0.3 is 15.8 Å². The SMILES string of the molecule is CC(=O)CC[C@@H](NC(=O)Cc1cc(F)cc(F)c1)C(N)=O. The second kappa shape index (κ2) is 7.47. The molecule has 0 saturated heterocycles. The third-order valence-corrected chi connectivity index (χ3v) is 2.75. The van der Waals surface area contributed by atoms with Gasteiger partial charge in [0.15, 0.2) is 0 Å². The van der Waals surface area contributed by atoms with Crippen molar-refractivity contribution in [2.45, 2.75) is 32.2 Å². The minimum Gasteiger partial charge on any atom is -0.368 e. The summed E-state index contributed by atoms with van der Waals surface area (Å²) in [4.78, 5) is 33.8. The molecule has 2 amide bonds. The Morgan fingerprint density at radius 2 is 1.76 bits per heavy atom. The number of carbonyl (C=O) groups excluding carboxylic acids is 3. The van der Waals surface area contributed by atoms with Crippen LogP contribution in [0.4, 0.5) is 8.78 Å². The maximum absolute atomic E-state index is 13.0. The van der Waals surface area contributed by atoms with Crippen LogP contribution in [0.3, 0.4) is 0 Å². The maximum atomic E-state index is 13.0. The van der Waals surface area contributed by atoms with E-state index in [0.29, 0.717) is 6.07 Å². The standard InChI is InChI=1S/C14H16F2N2O3/c1-8(19)2-3-12(14(17)21)18-13(20)6-9-4-10(15)7-11(16)5-9/h4-5,7,12H,2-3,6H2,1H3,(H2,17,21)(H,18,20)/t12-/m1/s1. The number of carbonyl (C=O) groups is 3. The lowest BCUT2D eigenvalue weighted by Crippen LogP contribution is -2.45. The van der Waals surface area contributed by atoms with E-state index in [4.69, 9.17) is 5.73 Å². The second-order valence-corrected chi connectivity index (χ2v) is 4.72. The van der Waals surface area contributed by atoms with Crippen LogP contribution >= 0.6 is 0 Å². The molecule has 0 bridgehead atoms. The third-order valence-electron chi connectivity index (χ3n) is 2.75. The van der Waals surface area contributed by atoms with Crippen molar-refractivity contribution in [2.24, 2.45) is 5.73 Å². The molecule has 0 saturated carbocycles. The van der Waals surface area contributed by atoms with Crippen LogP contribution in [0.1, 0.15) is 25.3 Å². The zero-order valence-corrected chi connectivity index (χ0v) is 11.5. The number of nitrogens with one attached hydrogen (secondary N) is 1. The molecule has 0 heterocycles. The van der Waals surface area contributed by atoms with E-state index >= 15 is 0 Å². The van der Waals surface area contributed by atoms with Gasteiger partial charge in [0.25, 0.3) is 0 Å². The van der Waals surface area contributed by atoms with Gasteiger partial charge in [-0.15, -0.1) is 0 Å². The van der Waals surface area contributed by atoms with Gasteiger partial charge in [-0.1, -0.05) is 0 Å². The number of Topliss-reactive ketones (excluding diaryl/α,β-unsaturated/α-hetero) is 1. The summed E-state index contributed by atoms with van der Waals surface area (Å²) in [6.45, 7) is 1.36. The van der Waals surface area contributed by atoms with Gasteiger partial charge >= 0.3 is 0 Å². The lowest BCUT2D eigenvalue weighted by Gasteiger charge is -2.14. The van der Waals surface area contributed by atoms with E-state index in [1.807, 2.05) is 0 Å². The van der Waals surface area contributed by atoms with E-state index < -0.39 is 29.5 Å². The van der Waals surface area contributed by atoms with E-state index in [9.17, 15) is 23.2 Å². The van der Waals surface area contributed by atoms with Crippen molar-refractivity contribution in [1.29, 1.82) is 0 Å². The van der Waals surface area contributed by atoms with Crippen LogP contribution in [0.2, 0.25) is 0 Å². The fourth-order valence-corrected chi connectivity index (χ4v) is 1.78. The summed E-state index contributed by atoms with van der Waals surface area (Å²) in [5, 5.41) is 2.35. The molecular weight excluding hydrogens is 282 g/mol. The summed E-state index contributed by atoms with van der Waals surface area (Å²) in [5.74, 6) is -3.09. The Bertz CT molecular complexity index is 541. The summed E-state index contributed by atoms with van der Waals surface area (Å²) in [5.41, 5.74) is 5.27. The smallest absolute Gasteiger partial charge is 0.240 e. The first kappa shape index (κ1) is 16.7. The largest absolute Gasteiger partial charge is 0.368 e. The average molecular weight is 298 g/mol. The molecule has 0 aliphatic carbocycles. The molecule has 1 atom stereocenters. The van der Waals surface area contributed by atoms with Crippen molar-refractivity contribution in [3.8, 4) is 0 Å². The number of primary amides is 1. The monoisotopic (exact) mass is 298 g/mol. The number of rotatable bonds is 7. The fourth-order valence-electron chi connectivity index (χ4n) is 1.78. The van der Waals surface area contributed by atoms with Crippen LogP contribution in [-0.2, 0) is 20.8 Å². The van der Waals surface area contributed by atoms with Crippen molar-refractivity contribution in [1.82, 2.24) is 5.32 Å². The highest BCUT2D eigenvalue weighted by atomic mass is 19.1. The van der Waals surface area contributed by atoms with Gasteiger partial charge in [-0.05, 0) is 31.0 Å². The van der Waals surface area contributed by atoms with Gasteiger partial charge in [-0.2, -0.15) is 0 Å². The van der Waals surface area contributed by atoms with Crippen LogP contribution in [0, 0.1) is 11.6 Å². The lowest BCUT2D eigenvalue weighted by atomic mass is 10.1. The Morgan fingerprint density at radius 3 is 2.24 bits per heavy atom. The minimum atomic E-state index is -0.986. The van der Waals surface area contributed by atoms with Crippen molar-refractivity contribution >= 4 is 17.6 Å². The molecule has 0 unspecified atom stereocenters. The van der Waals surface area contributed by atoms with E-state index in [-0.39, 0.29) is 30.6 Å². The number of hydrogen-bond acceptors (Lipinski definition) is 3. The number of halogens is 2. The zero-order chi connectivity index (χ0) is 16.0. The Hall–Kier alpha value is -2.31. The number of hydrogen-bond donors (Lipinski definition) is 2. The highest BCUT2D eigenvalue weighted by molar-refractivity contribution is 5.88. The quantitative estimate of drug-likeness (QED) is 0.782. The molecule has 0 fully saturated rings. The Labute approximate surface area is 120 Å². The van der Waals surface area contributed by atoms with E-state index in [0.717, 1.165) is 12.1 Å². The molecular formula is C14H16F2N2O3. The maximum Gasteiger partial charge on any atom is 0.240 e. The Morgan fingerprint density at radius 1 is 1.19 bits per heavy atom. The molecule has 1 rings (SSSR count). The van der Waals surface area contributed by atoms with Crippen LogP contribution in [0.25, 0.3) is 0 Å². The van der Waals surface area contributed by atoms with Gasteiger partial charge in [0, 0.05) is 12.5 Å². The molecule has 0 aromatic heterocycles. The number of amides is 2. The zero-order valence-electron chi connectivity index (χ0n) is 11.5. The van der Waals surface area contributed by atoms with Gasteiger partial charge in [0.05, 0.1) is 6.42 Å². The number of benzene rings is 1. The van der Waals surface area contributed by atoms with E-state index in [1.165, 1.54) is 6.92 Å². The first-order chi connectivity index (χ1) is 9.77. The topological polar surface area (TPSA) is 89.3 Å². The fraction of sp³-hybridized carbons (Fsp3) is 0.357. The molecule has 1 aromatic rings. The van der Waals surface area contributed by atoms with Crippen LogP contribution in [-0.4, -0.2) is 23.6 Å². The molecule has 1 aromatic carbocycles. The first-order valence-corrected chi connectivity index (χ1v) is 6.31. The van der Waals surface area contributed by atoms with Crippen molar-refractivity contribution < 1.29 is 23.2 Å². The molecule has 0 aliphatic rings. The summed E-state index contributed by atoms with van der Waals surface area (Å²) < 4.78 is 26.0. The Balaban J connectivity index is 2.65. The minimum absolute atomic E-state index is 0.0912. The van der Waals surface area contributed by atoms with Gasteiger partial charge in [0.2, 0.25) is 11.8 Å². The summed E-state index contributed by atoms with van der Waals surface area (Å²) in [7, 11) is 0. The lowest BCUT2D eigenvalue weighted by molar-refractivity contribution is -0.127. The molecule has 114 valence electrons. The van der Waals surface area contributed by atoms with Crippen LogP contribution < -0.4 is 11.1 Å². The molecule has 7 heteroatoms. The van der Waals surface area contributed by atoms with Crippen LogP contribution in [0.5, 0.6) is 0 Å². The third kappa shape index (κ3) is 6.11. The molecule has 0 aliphatic heterocycles. The Kier molecular flexibility index (Phi) is 5.95. The summed E-state index contributed by atoms with van der Waals surface area (Å²) in [6.07, 6.45) is -0.102. The summed E-state index contributed by atoms with van der Waals surface area (Å²) in [6, 6.07) is 1.76. The van der Waals surface area contributed by atoms with Crippen molar-refractivity contribution in [3.63, 3.8) is 0 Å². The molecule has 0 radical (unpaired) electrons. The highest BCUT2D eigenvalue weighted by Gasteiger charge is 2.18. The van der Waals surface area contributed by atoms with Crippen molar-refractivity contribution in [2.75, 3.05) is 0 Å². The predicted molar refractivity (Wildman–Crippen MR) is 71.1 cm³/mol. The normalized spacial score (nSPS) is 11.8. The van der Waals surface area contributed by atoms with Gasteiger partial charge in [-0.25, -0.2) is 8.78 Å². The molecule has 5 nitrogen and oxygen atoms in total. The highest BCUT2D eigenvalue weighted by Crippen LogP contribution is 2.09. The molecule has 21 heavy (non-hydrogen) atoms. The van der Waals surface area contributed by atoms with E-state index in [1.54, 1.807) is 0 Å². The predicted octanol–water partition coefficient (Wildman–Crippen LogP) is 0.847. The van der Waals surface area contributed by atoms with Gasteiger partial charge in [-0.3, -0.25) is 9.59 Å². The average Bonchev–Trinajstić information content (AvgIpc) is 2.32. The number of ketones is 1. The molecule has 0 spiro atoms.